The van der Waals surface area contributed by atoms with Crippen LogP contribution in [0.15, 0.2) is 10.7 Å². The van der Waals surface area contributed by atoms with Crippen LogP contribution in [-0.4, -0.2) is 9.78 Å². The van der Waals surface area contributed by atoms with E-state index in [2.05, 4.69) is 34.9 Å². The first-order chi connectivity index (χ1) is 7.63. The molecule has 1 fully saturated rings. The largest absolute Gasteiger partial charge is 0.322 e. The van der Waals surface area contributed by atoms with Gasteiger partial charge in [0.2, 0.25) is 0 Å². The molecule has 0 bridgehead atoms. The third-order valence-corrected chi connectivity index (χ3v) is 4.30. The molecule has 1 heterocycles. The molecule has 0 saturated heterocycles. The molecule has 1 aromatic heterocycles. The molecular weight excluding hydrogens is 266 g/mol. The SMILES string of the molecule is CCn1ncc(Br)c1C(N)C1CCC(C)C1. The minimum absolute atomic E-state index is 0.127. The first kappa shape index (κ1) is 12.1. The van der Waals surface area contributed by atoms with Gasteiger partial charge in [0.1, 0.15) is 0 Å². The molecule has 1 aliphatic carbocycles. The van der Waals surface area contributed by atoms with Gasteiger partial charge in [-0.2, -0.15) is 5.10 Å². The molecule has 16 heavy (non-hydrogen) atoms. The minimum atomic E-state index is 0.127. The van der Waals surface area contributed by atoms with Crippen LogP contribution in [0.5, 0.6) is 0 Å². The average molecular weight is 286 g/mol. The minimum Gasteiger partial charge on any atom is -0.322 e. The Hall–Kier alpha value is -0.350. The molecule has 2 N–H and O–H groups in total. The maximum absolute atomic E-state index is 6.39. The van der Waals surface area contributed by atoms with Gasteiger partial charge in [0.05, 0.1) is 22.4 Å². The highest BCUT2D eigenvalue weighted by atomic mass is 79.9. The summed E-state index contributed by atoms with van der Waals surface area (Å²) in [6.45, 7) is 5.31. The standard InChI is InChI=1S/C12H20BrN3/c1-3-16-12(10(13)7-15-16)11(14)9-5-4-8(2)6-9/h7-9,11H,3-6,14H2,1-2H3. The lowest BCUT2D eigenvalue weighted by Gasteiger charge is -2.20. The second-order valence-electron chi connectivity index (χ2n) is 4.90. The van der Waals surface area contributed by atoms with E-state index in [9.17, 15) is 0 Å². The van der Waals surface area contributed by atoms with Crippen LogP contribution < -0.4 is 5.73 Å². The zero-order valence-corrected chi connectivity index (χ0v) is 11.6. The normalized spacial score (nSPS) is 27.2. The summed E-state index contributed by atoms with van der Waals surface area (Å²) in [4.78, 5) is 0. The van der Waals surface area contributed by atoms with Gasteiger partial charge in [-0.3, -0.25) is 4.68 Å². The van der Waals surface area contributed by atoms with E-state index in [0.29, 0.717) is 5.92 Å². The third-order valence-electron chi connectivity index (χ3n) is 3.69. The maximum atomic E-state index is 6.39. The summed E-state index contributed by atoms with van der Waals surface area (Å²) in [6.07, 6.45) is 5.68. The number of nitrogens with zero attached hydrogens (tertiary/aromatic N) is 2. The number of halogens is 1. The predicted octanol–water partition coefficient (Wildman–Crippen LogP) is 3.10. The molecule has 3 nitrogen and oxygen atoms in total. The molecule has 1 saturated carbocycles. The van der Waals surface area contributed by atoms with Crippen molar-refractivity contribution < 1.29 is 0 Å². The smallest absolute Gasteiger partial charge is 0.0696 e. The Morgan fingerprint density at radius 2 is 2.38 bits per heavy atom. The van der Waals surface area contributed by atoms with Gasteiger partial charge in [-0.15, -0.1) is 0 Å². The van der Waals surface area contributed by atoms with Gasteiger partial charge in [-0.05, 0) is 47.5 Å². The molecule has 4 heteroatoms. The van der Waals surface area contributed by atoms with E-state index in [4.69, 9.17) is 5.73 Å². The van der Waals surface area contributed by atoms with E-state index >= 15 is 0 Å². The summed E-state index contributed by atoms with van der Waals surface area (Å²) in [5, 5.41) is 4.34. The fourth-order valence-electron chi connectivity index (χ4n) is 2.76. The highest BCUT2D eigenvalue weighted by molar-refractivity contribution is 9.10. The van der Waals surface area contributed by atoms with Crippen molar-refractivity contribution in [1.29, 1.82) is 0 Å². The van der Waals surface area contributed by atoms with Gasteiger partial charge in [0.25, 0.3) is 0 Å². The predicted molar refractivity (Wildman–Crippen MR) is 69.0 cm³/mol. The molecule has 0 spiro atoms. The van der Waals surface area contributed by atoms with Crippen LogP contribution in [0.25, 0.3) is 0 Å². The topological polar surface area (TPSA) is 43.8 Å². The highest BCUT2D eigenvalue weighted by Crippen LogP contribution is 2.39. The summed E-state index contributed by atoms with van der Waals surface area (Å²) in [5.41, 5.74) is 7.56. The average Bonchev–Trinajstić information content (AvgIpc) is 2.83. The van der Waals surface area contributed by atoms with Crippen LogP contribution in [0.3, 0.4) is 0 Å². The van der Waals surface area contributed by atoms with Crippen molar-refractivity contribution >= 4 is 15.9 Å². The van der Waals surface area contributed by atoms with Crippen molar-refractivity contribution in [3.8, 4) is 0 Å². The van der Waals surface area contributed by atoms with E-state index in [-0.39, 0.29) is 6.04 Å². The second-order valence-corrected chi connectivity index (χ2v) is 5.75. The van der Waals surface area contributed by atoms with Gasteiger partial charge >= 0.3 is 0 Å². The maximum Gasteiger partial charge on any atom is 0.0696 e. The lowest BCUT2D eigenvalue weighted by Crippen LogP contribution is -2.23. The molecule has 1 aromatic rings. The Morgan fingerprint density at radius 1 is 1.62 bits per heavy atom. The zero-order chi connectivity index (χ0) is 11.7. The Kier molecular flexibility index (Phi) is 3.70. The van der Waals surface area contributed by atoms with Crippen LogP contribution in [-0.2, 0) is 6.54 Å². The molecular formula is C12H20BrN3. The lowest BCUT2D eigenvalue weighted by atomic mass is 9.95. The van der Waals surface area contributed by atoms with E-state index in [1.54, 1.807) is 0 Å². The fraction of sp³-hybridized carbons (Fsp3) is 0.750. The number of aromatic nitrogens is 2. The molecule has 3 unspecified atom stereocenters. The van der Waals surface area contributed by atoms with E-state index < -0.39 is 0 Å². The second kappa shape index (κ2) is 4.88. The van der Waals surface area contributed by atoms with Crippen LogP contribution in [0.2, 0.25) is 0 Å². The molecule has 0 aromatic carbocycles. The van der Waals surface area contributed by atoms with Gasteiger partial charge < -0.3 is 5.73 Å². The van der Waals surface area contributed by atoms with E-state index in [1.165, 1.54) is 25.0 Å². The number of hydrogen-bond acceptors (Lipinski definition) is 2. The summed E-state index contributed by atoms with van der Waals surface area (Å²) in [6, 6.07) is 0.127. The Bertz CT molecular complexity index is 361. The van der Waals surface area contributed by atoms with Crippen LogP contribution >= 0.6 is 15.9 Å². The monoisotopic (exact) mass is 285 g/mol. The number of aryl methyl sites for hydroxylation is 1. The molecule has 3 atom stereocenters. The van der Waals surface area contributed by atoms with E-state index in [1.807, 2.05) is 10.9 Å². The molecule has 2 rings (SSSR count). The first-order valence-corrected chi connectivity index (χ1v) is 6.89. The molecule has 0 amide bonds. The Labute approximate surface area is 106 Å². The number of nitrogens with two attached hydrogens (primary N) is 1. The molecule has 0 radical (unpaired) electrons. The van der Waals surface area contributed by atoms with Crippen molar-refractivity contribution in [2.45, 2.75) is 45.7 Å². The third kappa shape index (κ3) is 2.18. The molecule has 90 valence electrons. The summed E-state index contributed by atoms with van der Waals surface area (Å²) < 4.78 is 3.07. The zero-order valence-electron chi connectivity index (χ0n) is 9.99. The van der Waals surface area contributed by atoms with Gasteiger partial charge in [-0.25, -0.2) is 0 Å². The van der Waals surface area contributed by atoms with Crippen molar-refractivity contribution in [1.82, 2.24) is 9.78 Å². The van der Waals surface area contributed by atoms with Gasteiger partial charge in [-0.1, -0.05) is 13.3 Å². The molecule has 0 aliphatic heterocycles. The van der Waals surface area contributed by atoms with Gasteiger partial charge in [0.15, 0.2) is 0 Å². The van der Waals surface area contributed by atoms with Crippen LogP contribution in [0, 0.1) is 11.8 Å². The molecule has 1 aliphatic rings. The van der Waals surface area contributed by atoms with E-state index in [0.717, 1.165) is 16.9 Å². The quantitative estimate of drug-likeness (QED) is 0.928. The first-order valence-electron chi connectivity index (χ1n) is 6.10. The summed E-state index contributed by atoms with van der Waals surface area (Å²) in [7, 11) is 0. The highest BCUT2D eigenvalue weighted by Gasteiger charge is 2.30. The number of rotatable bonds is 3. The van der Waals surface area contributed by atoms with Crippen molar-refractivity contribution in [3.63, 3.8) is 0 Å². The number of hydrogen-bond donors (Lipinski definition) is 1. The van der Waals surface area contributed by atoms with Crippen LogP contribution in [0.4, 0.5) is 0 Å². The summed E-state index contributed by atoms with van der Waals surface area (Å²) in [5.74, 6) is 1.45. The Balaban J connectivity index is 2.19. The Morgan fingerprint density at radius 3 is 2.94 bits per heavy atom. The lowest BCUT2D eigenvalue weighted by molar-refractivity contribution is 0.402. The van der Waals surface area contributed by atoms with Crippen molar-refractivity contribution in [2.75, 3.05) is 0 Å². The van der Waals surface area contributed by atoms with Gasteiger partial charge in [0, 0.05) is 6.54 Å². The van der Waals surface area contributed by atoms with Crippen molar-refractivity contribution in [3.05, 3.63) is 16.4 Å². The van der Waals surface area contributed by atoms with Crippen LogP contribution in [0.1, 0.15) is 44.8 Å². The van der Waals surface area contributed by atoms with Crippen molar-refractivity contribution in [2.24, 2.45) is 17.6 Å². The fourth-order valence-corrected chi connectivity index (χ4v) is 3.32. The summed E-state index contributed by atoms with van der Waals surface area (Å²) >= 11 is 3.56.